The van der Waals surface area contributed by atoms with Gasteiger partial charge in [0, 0.05) is 23.1 Å². The number of ketones is 1. The zero-order chi connectivity index (χ0) is 18.1. The monoisotopic (exact) mass is 342 g/mol. The third kappa shape index (κ3) is 2.91. The fourth-order valence-corrected chi connectivity index (χ4v) is 3.10. The number of rotatable bonds is 4. The molecule has 1 N–H and O–H groups in total. The summed E-state index contributed by atoms with van der Waals surface area (Å²) in [6.07, 6.45) is 0.0323. The van der Waals surface area contributed by atoms with E-state index < -0.39 is 11.9 Å². The fraction of sp³-hybridized carbons (Fsp3) is 0.263. The van der Waals surface area contributed by atoms with Crippen LogP contribution in [0.5, 0.6) is 23.0 Å². The molecule has 25 heavy (non-hydrogen) atoms. The normalized spacial score (nSPS) is 16.0. The van der Waals surface area contributed by atoms with Crippen molar-refractivity contribution in [3.8, 4) is 23.0 Å². The lowest BCUT2D eigenvalue weighted by Gasteiger charge is -2.27. The lowest BCUT2D eigenvalue weighted by molar-refractivity contribution is -0.135. The van der Waals surface area contributed by atoms with Crippen LogP contribution >= 0.6 is 0 Å². The molecule has 0 saturated carbocycles. The molecule has 3 rings (SSSR count). The highest BCUT2D eigenvalue weighted by molar-refractivity contribution is 5.98. The van der Waals surface area contributed by atoms with Crippen LogP contribution in [0.4, 0.5) is 0 Å². The Morgan fingerprint density at radius 2 is 1.96 bits per heavy atom. The number of Topliss-reactive ketones (excluding diaryl/α,β-unsaturated/α-hetero) is 1. The molecule has 2 aromatic rings. The Kier molecular flexibility index (Phi) is 4.35. The third-order valence-corrected chi connectivity index (χ3v) is 4.32. The molecule has 0 spiro atoms. The first kappa shape index (κ1) is 16.8. The van der Waals surface area contributed by atoms with Gasteiger partial charge in [0.1, 0.15) is 23.0 Å². The molecule has 0 bridgehead atoms. The molecule has 1 aliphatic rings. The van der Waals surface area contributed by atoms with Gasteiger partial charge in [-0.2, -0.15) is 0 Å². The van der Waals surface area contributed by atoms with Crippen LogP contribution < -0.4 is 14.2 Å². The maximum Gasteiger partial charge on any atom is 0.312 e. The van der Waals surface area contributed by atoms with E-state index >= 15 is 0 Å². The molecule has 6 heteroatoms. The Morgan fingerprint density at radius 3 is 2.60 bits per heavy atom. The average molecular weight is 342 g/mol. The van der Waals surface area contributed by atoms with E-state index in [1.54, 1.807) is 25.3 Å². The lowest BCUT2D eigenvalue weighted by atomic mass is 9.84. The number of ether oxygens (including phenoxy) is 3. The summed E-state index contributed by atoms with van der Waals surface area (Å²) in [5, 5.41) is 10.6. The van der Waals surface area contributed by atoms with Crippen molar-refractivity contribution >= 4 is 11.8 Å². The van der Waals surface area contributed by atoms with Gasteiger partial charge in [0.15, 0.2) is 5.78 Å². The largest absolute Gasteiger partial charge is 0.507 e. The fourth-order valence-electron chi connectivity index (χ4n) is 3.10. The van der Waals surface area contributed by atoms with Gasteiger partial charge in [-0.3, -0.25) is 9.59 Å². The summed E-state index contributed by atoms with van der Waals surface area (Å²) >= 11 is 0. The van der Waals surface area contributed by atoms with E-state index in [1.165, 1.54) is 26.2 Å². The molecule has 0 fully saturated rings. The Bertz CT molecular complexity index is 855. The van der Waals surface area contributed by atoms with E-state index in [-0.39, 0.29) is 29.3 Å². The highest BCUT2D eigenvalue weighted by Crippen LogP contribution is 2.47. The minimum absolute atomic E-state index is 0.0323. The first-order valence-electron chi connectivity index (χ1n) is 7.75. The van der Waals surface area contributed by atoms with Crippen LogP contribution in [0.2, 0.25) is 0 Å². The van der Waals surface area contributed by atoms with Crippen molar-refractivity contribution in [2.45, 2.75) is 19.3 Å². The van der Waals surface area contributed by atoms with Crippen LogP contribution in [0.25, 0.3) is 0 Å². The Morgan fingerprint density at radius 1 is 1.20 bits per heavy atom. The minimum Gasteiger partial charge on any atom is -0.507 e. The van der Waals surface area contributed by atoms with Crippen LogP contribution in [0, 0.1) is 0 Å². The molecule has 1 atom stereocenters. The number of esters is 1. The smallest absolute Gasteiger partial charge is 0.312 e. The summed E-state index contributed by atoms with van der Waals surface area (Å²) in [4.78, 5) is 23.8. The molecular weight excluding hydrogens is 324 g/mol. The van der Waals surface area contributed by atoms with Gasteiger partial charge in [-0.25, -0.2) is 0 Å². The summed E-state index contributed by atoms with van der Waals surface area (Å²) in [5.74, 6) is 0.0555. The number of aromatic hydroxyl groups is 1. The Balaban J connectivity index is 2.21. The number of methoxy groups -OCH3 is 2. The molecule has 1 aliphatic heterocycles. The van der Waals surface area contributed by atoms with Crippen LogP contribution in [0.3, 0.4) is 0 Å². The molecule has 1 unspecified atom stereocenters. The topological polar surface area (TPSA) is 82.1 Å². The summed E-state index contributed by atoms with van der Waals surface area (Å²) in [7, 11) is 3.07. The lowest BCUT2D eigenvalue weighted by Crippen LogP contribution is -2.22. The van der Waals surface area contributed by atoms with E-state index in [4.69, 9.17) is 14.2 Å². The SMILES string of the molecule is COc1ccc(C2CC(=O)Oc3ccc(C(C)=O)c(O)c32)c(OC)c1. The second-order valence-electron chi connectivity index (χ2n) is 5.77. The average Bonchev–Trinajstić information content (AvgIpc) is 2.60. The molecule has 130 valence electrons. The Labute approximate surface area is 144 Å². The highest BCUT2D eigenvalue weighted by Gasteiger charge is 2.34. The van der Waals surface area contributed by atoms with Crippen molar-refractivity contribution < 1.29 is 28.9 Å². The van der Waals surface area contributed by atoms with Crippen molar-refractivity contribution in [3.05, 3.63) is 47.0 Å². The highest BCUT2D eigenvalue weighted by atomic mass is 16.5. The first-order chi connectivity index (χ1) is 12.0. The quantitative estimate of drug-likeness (QED) is 0.522. The third-order valence-electron chi connectivity index (χ3n) is 4.32. The number of phenols is 1. The van der Waals surface area contributed by atoms with Crippen molar-refractivity contribution in [1.82, 2.24) is 0 Å². The number of hydrogen-bond donors (Lipinski definition) is 1. The van der Waals surface area contributed by atoms with Crippen molar-refractivity contribution in [3.63, 3.8) is 0 Å². The van der Waals surface area contributed by atoms with Gasteiger partial charge in [0.25, 0.3) is 0 Å². The molecule has 0 saturated heterocycles. The van der Waals surface area contributed by atoms with Crippen LogP contribution in [0.1, 0.15) is 40.7 Å². The molecule has 6 nitrogen and oxygen atoms in total. The number of phenolic OH excluding ortho intramolecular Hbond substituents is 1. The van der Waals surface area contributed by atoms with Gasteiger partial charge < -0.3 is 19.3 Å². The zero-order valence-electron chi connectivity index (χ0n) is 14.2. The van der Waals surface area contributed by atoms with Gasteiger partial charge in [0.2, 0.25) is 0 Å². The second kappa shape index (κ2) is 6.47. The summed E-state index contributed by atoms with van der Waals surface area (Å²) in [5.41, 5.74) is 1.31. The van der Waals surface area contributed by atoms with Crippen LogP contribution in [-0.4, -0.2) is 31.1 Å². The summed E-state index contributed by atoms with van der Waals surface area (Å²) < 4.78 is 15.9. The van der Waals surface area contributed by atoms with Crippen LogP contribution in [0.15, 0.2) is 30.3 Å². The molecule has 0 aromatic heterocycles. The number of fused-ring (bicyclic) bond motifs is 1. The number of carbonyl (C=O) groups is 2. The van der Waals surface area contributed by atoms with E-state index in [9.17, 15) is 14.7 Å². The zero-order valence-corrected chi connectivity index (χ0v) is 14.2. The van der Waals surface area contributed by atoms with Gasteiger partial charge in [0.05, 0.1) is 26.2 Å². The van der Waals surface area contributed by atoms with Gasteiger partial charge in [-0.15, -0.1) is 0 Å². The summed E-state index contributed by atoms with van der Waals surface area (Å²) in [6, 6.07) is 8.23. The van der Waals surface area contributed by atoms with E-state index in [0.717, 1.165) is 0 Å². The maximum absolute atomic E-state index is 12.0. The van der Waals surface area contributed by atoms with Gasteiger partial charge in [-0.1, -0.05) is 6.07 Å². The van der Waals surface area contributed by atoms with E-state index in [0.29, 0.717) is 22.6 Å². The van der Waals surface area contributed by atoms with E-state index in [2.05, 4.69) is 0 Å². The predicted molar refractivity (Wildman–Crippen MR) is 89.8 cm³/mol. The number of hydrogen-bond acceptors (Lipinski definition) is 6. The molecule has 2 aromatic carbocycles. The number of carbonyl (C=O) groups excluding carboxylic acids is 2. The molecule has 0 amide bonds. The molecule has 0 radical (unpaired) electrons. The van der Waals surface area contributed by atoms with Gasteiger partial charge in [-0.05, 0) is 25.1 Å². The second-order valence-corrected chi connectivity index (χ2v) is 5.77. The van der Waals surface area contributed by atoms with Crippen LogP contribution in [-0.2, 0) is 4.79 Å². The standard InChI is InChI=1S/C19H18O6/c1-10(20)12-6-7-15-18(19(12)22)14(9-17(21)25-15)13-5-4-11(23-2)8-16(13)24-3/h4-8,14,22H,9H2,1-3H3. The summed E-state index contributed by atoms with van der Waals surface area (Å²) in [6.45, 7) is 1.37. The van der Waals surface area contributed by atoms with Gasteiger partial charge >= 0.3 is 5.97 Å². The van der Waals surface area contributed by atoms with Crippen molar-refractivity contribution in [2.75, 3.05) is 14.2 Å². The van der Waals surface area contributed by atoms with E-state index in [1.807, 2.05) is 0 Å². The Hall–Kier alpha value is -3.02. The van der Waals surface area contributed by atoms with Crippen molar-refractivity contribution in [2.24, 2.45) is 0 Å². The first-order valence-corrected chi connectivity index (χ1v) is 7.75. The molecule has 0 aliphatic carbocycles. The molecule has 1 heterocycles. The molecular formula is C19H18O6. The maximum atomic E-state index is 12.0. The number of benzene rings is 2. The minimum atomic E-state index is -0.489. The van der Waals surface area contributed by atoms with Crippen molar-refractivity contribution in [1.29, 1.82) is 0 Å². The predicted octanol–water partition coefficient (Wildman–Crippen LogP) is 3.05.